The van der Waals surface area contributed by atoms with Gasteiger partial charge in [0, 0.05) is 51.4 Å². The van der Waals surface area contributed by atoms with E-state index >= 15 is 0 Å². The smallest absolute Gasteiger partial charge is 0.141 e. The summed E-state index contributed by atoms with van der Waals surface area (Å²) in [5, 5.41) is 0. The molecule has 4 aromatic rings. The summed E-state index contributed by atoms with van der Waals surface area (Å²) in [4.78, 5) is 53.2. The lowest BCUT2D eigenvalue weighted by Crippen LogP contribution is -2.16. The quantitative estimate of drug-likeness (QED) is 0.232. The first-order chi connectivity index (χ1) is 22.3. The average molecular weight is 609 g/mol. The van der Waals surface area contributed by atoms with Crippen LogP contribution in [0, 0.1) is 0 Å². The zero-order chi connectivity index (χ0) is 31.6. The van der Waals surface area contributed by atoms with Crippen molar-refractivity contribution in [2.24, 2.45) is 0 Å². The molecule has 0 amide bonds. The molecule has 232 valence electrons. The number of benzene rings is 4. The Balaban J connectivity index is 1.22. The Bertz CT molecular complexity index is 1620. The normalized spacial score (nSPS) is 17.4. The van der Waals surface area contributed by atoms with Crippen LogP contribution in [0.5, 0.6) is 0 Å². The van der Waals surface area contributed by atoms with E-state index in [0.717, 1.165) is 83.0 Å². The molecule has 12 bridgehead atoms. The number of rotatable bonds is 0. The molecule has 3 aliphatic rings. The zero-order valence-electron chi connectivity index (χ0n) is 26.5. The van der Waals surface area contributed by atoms with Gasteiger partial charge in [-0.25, -0.2) is 0 Å². The first kappa shape index (κ1) is 30.2. The van der Waals surface area contributed by atoms with E-state index in [0.29, 0.717) is 51.4 Å². The SMILES string of the molecule is O=C1Cc2cccc(c2)CC(=O)Cc2cc(c3cc2CCCc2cc(c4cc2CC(=O)Cc2cccc(c2)CC(=O)C4)CCC3)C1. The van der Waals surface area contributed by atoms with Crippen LogP contribution in [-0.2, 0) is 96.2 Å². The molecule has 0 unspecified atom stereocenters. The molecule has 0 heterocycles. The lowest BCUT2D eigenvalue weighted by atomic mass is 9.83. The van der Waals surface area contributed by atoms with Crippen LogP contribution in [0.25, 0.3) is 0 Å². The Labute approximate surface area is 271 Å². The number of aryl methyl sites for hydroxylation is 4. The van der Waals surface area contributed by atoms with Gasteiger partial charge in [-0.3, -0.25) is 19.2 Å². The van der Waals surface area contributed by atoms with Crippen molar-refractivity contribution in [2.75, 3.05) is 0 Å². The monoisotopic (exact) mass is 608 g/mol. The van der Waals surface area contributed by atoms with Crippen LogP contribution in [0.2, 0.25) is 0 Å². The summed E-state index contributed by atoms with van der Waals surface area (Å²) in [5.41, 5.74) is 12.9. The molecule has 0 atom stereocenters. The van der Waals surface area contributed by atoms with Crippen molar-refractivity contribution in [3.63, 3.8) is 0 Å². The Morgan fingerprint density at radius 3 is 0.848 bits per heavy atom. The maximum Gasteiger partial charge on any atom is 0.141 e. The average Bonchev–Trinajstić information content (AvgIpc) is 2.99. The summed E-state index contributed by atoms with van der Waals surface area (Å²) in [6, 6.07) is 24.7. The van der Waals surface area contributed by atoms with Crippen molar-refractivity contribution in [1.29, 1.82) is 0 Å². The first-order valence-electron chi connectivity index (χ1n) is 16.8. The fraction of sp³-hybridized carbons (Fsp3) is 0.333. The standard InChI is InChI=1S/C42H40O4/c43-39-15-27-5-1-6-28(13-27)16-40(44)24-36-21-35(23-39)31-9-3-11-33-20-34(12-4-10-32(36)19-31)38-22-37(33)25-41(45)17-29-7-2-8-30(14-29)18-42(46)26-38/h1-2,5-8,13-14,19-22H,3-4,9-12,15-18,23-26H2. The predicted molar refractivity (Wildman–Crippen MR) is 179 cm³/mol. The van der Waals surface area contributed by atoms with E-state index in [4.69, 9.17) is 0 Å². The minimum Gasteiger partial charge on any atom is -0.299 e. The molecule has 4 heteroatoms. The molecule has 0 spiro atoms. The van der Waals surface area contributed by atoms with Gasteiger partial charge in [0.2, 0.25) is 0 Å². The van der Waals surface area contributed by atoms with Crippen molar-refractivity contribution < 1.29 is 19.2 Å². The minimum absolute atomic E-state index is 0.194. The highest BCUT2D eigenvalue weighted by Gasteiger charge is 2.21. The molecule has 3 aliphatic carbocycles. The third-order valence-electron chi connectivity index (χ3n) is 9.97. The van der Waals surface area contributed by atoms with Crippen LogP contribution >= 0.6 is 0 Å². The molecule has 0 saturated heterocycles. The third kappa shape index (κ3) is 7.02. The number of carbonyl (C=O) groups is 4. The van der Waals surface area contributed by atoms with Gasteiger partial charge in [-0.1, -0.05) is 72.8 Å². The van der Waals surface area contributed by atoms with Crippen molar-refractivity contribution >= 4 is 23.1 Å². The van der Waals surface area contributed by atoms with E-state index < -0.39 is 0 Å². The second-order valence-electron chi connectivity index (χ2n) is 13.7. The lowest BCUT2D eigenvalue weighted by Gasteiger charge is -2.21. The summed E-state index contributed by atoms with van der Waals surface area (Å²) in [5.74, 6) is 0.776. The maximum atomic E-state index is 13.3. The highest BCUT2D eigenvalue weighted by atomic mass is 16.1. The van der Waals surface area contributed by atoms with E-state index in [-0.39, 0.29) is 23.1 Å². The van der Waals surface area contributed by atoms with Gasteiger partial charge in [0.15, 0.2) is 0 Å². The van der Waals surface area contributed by atoms with Crippen molar-refractivity contribution in [2.45, 2.75) is 89.9 Å². The van der Waals surface area contributed by atoms with Crippen molar-refractivity contribution in [3.05, 3.63) is 140 Å². The van der Waals surface area contributed by atoms with Gasteiger partial charge in [0.25, 0.3) is 0 Å². The zero-order valence-corrected chi connectivity index (χ0v) is 26.5. The molecule has 7 rings (SSSR count). The molecule has 4 aromatic carbocycles. The Morgan fingerprint density at radius 1 is 0.304 bits per heavy atom. The van der Waals surface area contributed by atoms with Gasteiger partial charge in [0.1, 0.15) is 23.1 Å². The summed E-state index contributed by atoms with van der Waals surface area (Å²) >= 11 is 0. The molecular weight excluding hydrogens is 568 g/mol. The number of hydrogen-bond acceptors (Lipinski definition) is 4. The third-order valence-corrected chi connectivity index (χ3v) is 9.97. The van der Waals surface area contributed by atoms with Gasteiger partial charge < -0.3 is 0 Å². The van der Waals surface area contributed by atoms with E-state index in [2.05, 4.69) is 24.3 Å². The topological polar surface area (TPSA) is 68.3 Å². The maximum absolute atomic E-state index is 13.3. The number of carbonyl (C=O) groups excluding carboxylic acids is 4. The van der Waals surface area contributed by atoms with Crippen molar-refractivity contribution in [3.8, 4) is 0 Å². The van der Waals surface area contributed by atoms with Gasteiger partial charge in [-0.15, -0.1) is 0 Å². The predicted octanol–water partition coefficient (Wildman–Crippen LogP) is 6.39. The fourth-order valence-corrected chi connectivity index (χ4v) is 7.82. The molecule has 0 N–H and O–H groups in total. The number of hydrogen-bond donors (Lipinski definition) is 0. The van der Waals surface area contributed by atoms with E-state index in [9.17, 15) is 19.2 Å². The van der Waals surface area contributed by atoms with Gasteiger partial charge >= 0.3 is 0 Å². The number of ketones is 4. The second kappa shape index (κ2) is 13.1. The van der Waals surface area contributed by atoms with Crippen molar-refractivity contribution in [1.82, 2.24) is 0 Å². The molecular formula is C42H40O4. The Hall–Kier alpha value is -4.44. The largest absolute Gasteiger partial charge is 0.299 e. The fourth-order valence-electron chi connectivity index (χ4n) is 7.82. The highest BCUT2D eigenvalue weighted by Crippen LogP contribution is 2.29. The second-order valence-corrected chi connectivity index (χ2v) is 13.7. The number of fused-ring (bicyclic) bond motifs is 16. The van der Waals surface area contributed by atoms with E-state index in [1.807, 2.05) is 48.5 Å². The molecule has 0 radical (unpaired) electrons. The van der Waals surface area contributed by atoms with Crippen LogP contribution in [0.4, 0.5) is 0 Å². The summed E-state index contributed by atoms with van der Waals surface area (Å²) in [6.07, 6.45) is 8.07. The summed E-state index contributed by atoms with van der Waals surface area (Å²) < 4.78 is 0. The van der Waals surface area contributed by atoms with Gasteiger partial charge in [-0.2, -0.15) is 0 Å². The highest BCUT2D eigenvalue weighted by molar-refractivity contribution is 5.87. The van der Waals surface area contributed by atoms with Crippen LogP contribution < -0.4 is 0 Å². The summed E-state index contributed by atoms with van der Waals surface area (Å²) in [7, 11) is 0. The van der Waals surface area contributed by atoms with Crippen LogP contribution in [-0.4, -0.2) is 23.1 Å². The van der Waals surface area contributed by atoms with Crippen LogP contribution in [0.3, 0.4) is 0 Å². The molecule has 46 heavy (non-hydrogen) atoms. The number of Topliss-reactive ketones (excluding diaryl/α,β-unsaturated/α-hetero) is 4. The molecule has 4 nitrogen and oxygen atoms in total. The Morgan fingerprint density at radius 2 is 0.565 bits per heavy atom. The molecule has 0 fully saturated rings. The minimum atomic E-state index is 0.194. The van der Waals surface area contributed by atoms with E-state index in [1.54, 1.807) is 0 Å². The lowest BCUT2D eigenvalue weighted by molar-refractivity contribution is -0.118. The molecule has 0 saturated carbocycles. The summed E-state index contributed by atoms with van der Waals surface area (Å²) in [6.45, 7) is 0. The molecule has 0 aromatic heterocycles. The Kier molecular flexibility index (Phi) is 8.62. The molecule has 0 aliphatic heterocycles. The van der Waals surface area contributed by atoms with Gasteiger partial charge in [-0.05, 0) is 105 Å². The van der Waals surface area contributed by atoms with E-state index in [1.165, 1.54) is 22.3 Å². The first-order valence-corrected chi connectivity index (χ1v) is 16.8. The van der Waals surface area contributed by atoms with Crippen LogP contribution in [0.1, 0.15) is 79.6 Å². The van der Waals surface area contributed by atoms with Crippen LogP contribution in [0.15, 0.2) is 72.8 Å². The van der Waals surface area contributed by atoms with Gasteiger partial charge in [0.05, 0.1) is 0 Å².